The predicted molar refractivity (Wildman–Crippen MR) is 119 cm³/mol. The van der Waals surface area contributed by atoms with Gasteiger partial charge in [-0.2, -0.15) is 0 Å². The number of nitrogens with one attached hydrogen (secondary N) is 2. The first-order valence-corrected chi connectivity index (χ1v) is 10.6. The molecule has 5 rings (SSSR count). The van der Waals surface area contributed by atoms with Gasteiger partial charge in [-0.1, -0.05) is 25.3 Å². The summed E-state index contributed by atoms with van der Waals surface area (Å²) < 4.78 is 0. The zero-order valence-corrected chi connectivity index (χ0v) is 17.0. The van der Waals surface area contributed by atoms with E-state index in [0.717, 1.165) is 34.7 Å². The van der Waals surface area contributed by atoms with Gasteiger partial charge in [0.1, 0.15) is 11.6 Å². The van der Waals surface area contributed by atoms with E-state index < -0.39 is 0 Å². The minimum absolute atomic E-state index is 0.482. The molecule has 4 aromatic rings. The summed E-state index contributed by atoms with van der Waals surface area (Å²) in [5, 5.41) is 1.23. The molecule has 0 saturated carbocycles. The number of aromatic nitrogens is 4. The fourth-order valence-electron chi connectivity index (χ4n) is 4.49. The van der Waals surface area contributed by atoms with Crippen molar-refractivity contribution in [3.05, 3.63) is 41.7 Å². The van der Waals surface area contributed by atoms with Crippen molar-refractivity contribution in [3.8, 4) is 11.3 Å². The molecular weight excluding hydrogens is 360 g/mol. The van der Waals surface area contributed by atoms with Crippen LogP contribution in [0.15, 0.2) is 30.3 Å². The van der Waals surface area contributed by atoms with Gasteiger partial charge in [0.05, 0.1) is 5.52 Å². The Morgan fingerprint density at radius 3 is 2.59 bits per heavy atom. The van der Waals surface area contributed by atoms with Gasteiger partial charge in [0.25, 0.3) is 0 Å². The third kappa shape index (κ3) is 3.72. The first-order chi connectivity index (χ1) is 14.2. The highest BCUT2D eigenvalue weighted by atomic mass is 15.1. The maximum Gasteiger partial charge on any atom is 0.180 e. The quantitative estimate of drug-likeness (QED) is 0.472. The van der Waals surface area contributed by atoms with Crippen LogP contribution in [-0.2, 0) is 6.54 Å². The number of aromatic amines is 2. The van der Waals surface area contributed by atoms with Crippen LogP contribution in [0.1, 0.15) is 43.5 Å². The lowest BCUT2D eigenvalue weighted by Crippen LogP contribution is -2.26. The van der Waals surface area contributed by atoms with Gasteiger partial charge in [-0.3, -0.25) is 4.90 Å². The molecule has 0 atom stereocenters. The van der Waals surface area contributed by atoms with Crippen LogP contribution < -0.4 is 5.73 Å². The molecule has 0 amide bonds. The Labute approximate surface area is 170 Å². The SMILES string of the molecule is Cc1nc2nc(N)cc(-c3cc4cc(CN5CCCCCCC5)ccc4[nH]3)c2[nH]1. The number of pyridine rings is 1. The minimum atomic E-state index is 0.482. The molecule has 0 bridgehead atoms. The molecule has 0 unspecified atom stereocenters. The Bertz CT molecular complexity index is 1150. The van der Waals surface area contributed by atoms with Crippen LogP contribution in [0.25, 0.3) is 33.3 Å². The topological polar surface area (TPSA) is 86.6 Å². The second-order valence-electron chi connectivity index (χ2n) is 8.26. The van der Waals surface area contributed by atoms with E-state index in [2.05, 4.69) is 49.1 Å². The van der Waals surface area contributed by atoms with E-state index in [-0.39, 0.29) is 0 Å². The molecule has 3 aromatic heterocycles. The average molecular weight is 389 g/mol. The average Bonchev–Trinajstić information content (AvgIpc) is 3.25. The van der Waals surface area contributed by atoms with Crippen LogP contribution in [0.3, 0.4) is 0 Å². The number of nitrogen functional groups attached to an aromatic ring is 1. The highest BCUT2D eigenvalue weighted by Crippen LogP contribution is 2.31. The van der Waals surface area contributed by atoms with Crippen LogP contribution in [-0.4, -0.2) is 37.9 Å². The van der Waals surface area contributed by atoms with Gasteiger partial charge < -0.3 is 15.7 Å². The second kappa shape index (κ2) is 7.52. The monoisotopic (exact) mass is 388 g/mol. The summed E-state index contributed by atoms with van der Waals surface area (Å²) >= 11 is 0. The Hall–Kier alpha value is -2.86. The largest absolute Gasteiger partial charge is 0.384 e. The standard InChI is InChI=1S/C23H28N6/c1-15-25-22-18(13-21(24)28-23(22)26-15)20-12-17-11-16(7-8-19(17)27-20)14-29-9-5-3-2-4-6-10-29/h7-8,11-13,27H,2-6,9-10,14H2,1H3,(H3,24,25,26,28). The van der Waals surface area contributed by atoms with Gasteiger partial charge in [0.15, 0.2) is 5.65 Å². The van der Waals surface area contributed by atoms with Crippen LogP contribution in [0.4, 0.5) is 5.82 Å². The van der Waals surface area contributed by atoms with Crippen molar-refractivity contribution in [1.82, 2.24) is 24.8 Å². The Balaban J connectivity index is 1.47. The molecule has 0 spiro atoms. The number of anilines is 1. The van der Waals surface area contributed by atoms with Crippen molar-refractivity contribution in [2.45, 2.75) is 45.6 Å². The third-order valence-electron chi connectivity index (χ3n) is 5.93. The van der Waals surface area contributed by atoms with Crippen LogP contribution in [0.5, 0.6) is 0 Å². The summed E-state index contributed by atoms with van der Waals surface area (Å²) in [6.45, 7) is 5.39. The van der Waals surface area contributed by atoms with E-state index in [1.165, 1.54) is 56.1 Å². The summed E-state index contributed by atoms with van der Waals surface area (Å²) in [6.07, 6.45) is 6.77. The molecule has 6 heteroatoms. The molecule has 4 N–H and O–H groups in total. The third-order valence-corrected chi connectivity index (χ3v) is 5.93. The van der Waals surface area contributed by atoms with Crippen LogP contribution in [0.2, 0.25) is 0 Å². The van der Waals surface area contributed by atoms with Crippen molar-refractivity contribution in [1.29, 1.82) is 0 Å². The van der Waals surface area contributed by atoms with Gasteiger partial charge in [-0.15, -0.1) is 0 Å². The zero-order valence-electron chi connectivity index (χ0n) is 17.0. The Kier molecular flexibility index (Phi) is 4.72. The lowest BCUT2D eigenvalue weighted by molar-refractivity contribution is 0.240. The van der Waals surface area contributed by atoms with Crippen LogP contribution in [0, 0.1) is 6.92 Å². The molecule has 150 valence electrons. The number of hydrogen-bond acceptors (Lipinski definition) is 4. The fraction of sp³-hybridized carbons (Fsp3) is 0.391. The van der Waals surface area contributed by atoms with Crippen molar-refractivity contribution >= 4 is 27.9 Å². The summed E-state index contributed by atoms with van der Waals surface area (Å²) in [7, 11) is 0. The van der Waals surface area contributed by atoms with E-state index in [9.17, 15) is 0 Å². The molecule has 29 heavy (non-hydrogen) atoms. The number of benzene rings is 1. The second-order valence-corrected chi connectivity index (χ2v) is 8.26. The molecule has 1 aliphatic heterocycles. The molecule has 1 aromatic carbocycles. The number of fused-ring (bicyclic) bond motifs is 2. The fourth-order valence-corrected chi connectivity index (χ4v) is 4.49. The molecule has 1 fully saturated rings. The molecule has 4 heterocycles. The van der Waals surface area contributed by atoms with Crippen molar-refractivity contribution in [3.63, 3.8) is 0 Å². The van der Waals surface area contributed by atoms with E-state index >= 15 is 0 Å². The van der Waals surface area contributed by atoms with Gasteiger partial charge in [0.2, 0.25) is 0 Å². The maximum absolute atomic E-state index is 6.03. The smallest absolute Gasteiger partial charge is 0.180 e. The predicted octanol–water partition coefficient (Wildman–Crippen LogP) is 4.76. The van der Waals surface area contributed by atoms with Crippen molar-refractivity contribution in [2.24, 2.45) is 0 Å². The van der Waals surface area contributed by atoms with Crippen molar-refractivity contribution < 1.29 is 0 Å². The Morgan fingerprint density at radius 2 is 1.76 bits per heavy atom. The maximum atomic E-state index is 6.03. The normalized spacial score (nSPS) is 16.3. The highest BCUT2D eigenvalue weighted by molar-refractivity contribution is 5.95. The Morgan fingerprint density at radius 1 is 0.966 bits per heavy atom. The first kappa shape index (κ1) is 18.2. The summed E-state index contributed by atoms with van der Waals surface area (Å²) in [6, 6.07) is 10.9. The first-order valence-electron chi connectivity index (χ1n) is 10.6. The van der Waals surface area contributed by atoms with E-state index in [1.54, 1.807) is 0 Å². The number of likely N-dealkylation sites (tertiary alicyclic amines) is 1. The van der Waals surface area contributed by atoms with Gasteiger partial charge >= 0.3 is 0 Å². The zero-order chi connectivity index (χ0) is 19.8. The molecule has 1 aliphatic rings. The highest BCUT2D eigenvalue weighted by Gasteiger charge is 2.14. The van der Waals surface area contributed by atoms with Gasteiger partial charge in [0, 0.05) is 28.7 Å². The summed E-state index contributed by atoms with van der Waals surface area (Å²) in [5.74, 6) is 1.32. The number of nitrogens with zero attached hydrogens (tertiary/aromatic N) is 3. The van der Waals surface area contributed by atoms with E-state index in [0.29, 0.717) is 11.5 Å². The lowest BCUT2D eigenvalue weighted by Gasteiger charge is -2.24. The number of H-pyrrole nitrogens is 2. The summed E-state index contributed by atoms with van der Waals surface area (Å²) in [4.78, 5) is 18.3. The number of aryl methyl sites for hydroxylation is 1. The molecule has 6 nitrogen and oxygen atoms in total. The minimum Gasteiger partial charge on any atom is -0.384 e. The number of hydrogen-bond donors (Lipinski definition) is 3. The molecule has 0 radical (unpaired) electrons. The molecular formula is C23H28N6. The number of nitrogens with two attached hydrogens (primary N) is 1. The molecule has 1 saturated heterocycles. The lowest BCUT2D eigenvalue weighted by atomic mass is 10.1. The molecule has 0 aliphatic carbocycles. The van der Waals surface area contributed by atoms with Crippen molar-refractivity contribution in [2.75, 3.05) is 18.8 Å². The van der Waals surface area contributed by atoms with E-state index in [4.69, 9.17) is 5.73 Å². The van der Waals surface area contributed by atoms with Crippen LogP contribution >= 0.6 is 0 Å². The van der Waals surface area contributed by atoms with E-state index in [1.807, 2.05) is 13.0 Å². The summed E-state index contributed by atoms with van der Waals surface area (Å²) in [5.41, 5.74) is 12.2. The number of rotatable bonds is 3. The number of imidazole rings is 1. The van der Waals surface area contributed by atoms with Gasteiger partial charge in [-0.25, -0.2) is 9.97 Å². The van der Waals surface area contributed by atoms with Gasteiger partial charge in [-0.05, 0) is 62.7 Å².